The topological polar surface area (TPSA) is 63.4 Å². The minimum Gasteiger partial charge on any atom is -0.339 e. The SMILES string of the molecule is C[SH](C)(=O)c1cccc2ccc(C(=O)N3CCC(c4cccc(CN)c4)CC3)cc12. The highest BCUT2D eigenvalue weighted by Crippen LogP contribution is 2.30. The van der Waals surface area contributed by atoms with Crippen LogP contribution in [-0.2, 0) is 16.5 Å². The van der Waals surface area contributed by atoms with Crippen molar-refractivity contribution < 1.29 is 9.00 Å². The maximum Gasteiger partial charge on any atom is 0.253 e. The summed E-state index contributed by atoms with van der Waals surface area (Å²) in [5, 5.41) is 1.94. The number of hydrogen-bond donors (Lipinski definition) is 2. The first-order valence-electron chi connectivity index (χ1n) is 10.5. The van der Waals surface area contributed by atoms with Crippen molar-refractivity contribution in [3.05, 3.63) is 77.4 Å². The van der Waals surface area contributed by atoms with Gasteiger partial charge in [-0.2, -0.15) is 0 Å². The fourth-order valence-corrected chi connectivity index (χ4v) is 5.65. The van der Waals surface area contributed by atoms with Crippen molar-refractivity contribution in [2.24, 2.45) is 5.73 Å². The molecule has 0 bridgehead atoms. The van der Waals surface area contributed by atoms with Gasteiger partial charge in [-0.1, -0.05) is 52.4 Å². The summed E-state index contributed by atoms with van der Waals surface area (Å²) >= 11 is 0. The van der Waals surface area contributed by atoms with Gasteiger partial charge >= 0.3 is 0 Å². The fourth-order valence-electron chi connectivity index (χ4n) is 4.43. The molecule has 1 saturated heterocycles. The molecule has 0 unspecified atom stereocenters. The zero-order chi connectivity index (χ0) is 21.3. The van der Waals surface area contributed by atoms with Gasteiger partial charge in [0.15, 0.2) is 0 Å². The Hall–Kier alpha value is -2.50. The molecule has 1 amide bonds. The van der Waals surface area contributed by atoms with Crippen LogP contribution in [0.1, 0.15) is 40.2 Å². The van der Waals surface area contributed by atoms with Crippen LogP contribution in [0.4, 0.5) is 0 Å². The number of carbonyl (C=O) groups is 1. The summed E-state index contributed by atoms with van der Waals surface area (Å²) < 4.78 is 12.7. The highest BCUT2D eigenvalue weighted by Gasteiger charge is 2.25. The van der Waals surface area contributed by atoms with E-state index in [-0.39, 0.29) is 5.91 Å². The molecule has 1 heterocycles. The molecule has 158 valence electrons. The zero-order valence-corrected chi connectivity index (χ0v) is 18.6. The van der Waals surface area contributed by atoms with E-state index in [0.717, 1.165) is 47.2 Å². The van der Waals surface area contributed by atoms with E-state index in [1.807, 2.05) is 41.3 Å². The smallest absolute Gasteiger partial charge is 0.253 e. The van der Waals surface area contributed by atoms with E-state index in [1.165, 1.54) is 5.56 Å². The summed E-state index contributed by atoms with van der Waals surface area (Å²) in [5.41, 5.74) is 8.93. The van der Waals surface area contributed by atoms with E-state index in [9.17, 15) is 9.00 Å². The third kappa shape index (κ3) is 4.18. The Morgan fingerprint density at radius 1 is 1.03 bits per heavy atom. The van der Waals surface area contributed by atoms with Gasteiger partial charge in [0.25, 0.3) is 5.91 Å². The van der Waals surface area contributed by atoms with Crippen molar-refractivity contribution in [3.63, 3.8) is 0 Å². The van der Waals surface area contributed by atoms with Gasteiger partial charge in [0, 0.05) is 30.1 Å². The van der Waals surface area contributed by atoms with Crippen LogP contribution in [0.15, 0.2) is 65.6 Å². The van der Waals surface area contributed by atoms with E-state index < -0.39 is 9.93 Å². The largest absolute Gasteiger partial charge is 0.339 e. The second kappa shape index (κ2) is 8.32. The van der Waals surface area contributed by atoms with E-state index in [2.05, 4.69) is 24.3 Å². The summed E-state index contributed by atoms with van der Waals surface area (Å²) in [7, 11) is -2.43. The number of carbonyl (C=O) groups excluding carboxylic acids is 1. The second-order valence-electron chi connectivity index (χ2n) is 8.58. The lowest BCUT2D eigenvalue weighted by Crippen LogP contribution is -2.37. The summed E-state index contributed by atoms with van der Waals surface area (Å²) in [5.74, 6) is 0.526. The monoisotopic (exact) mass is 422 g/mol. The molecular weight excluding hydrogens is 392 g/mol. The first-order valence-corrected chi connectivity index (χ1v) is 13.1. The van der Waals surface area contributed by atoms with Crippen LogP contribution in [0.5, 0.6) is 0 Å². The predicted molar refractivity (Wildman–Crippen MR) is 126 cm³/mol. The zero-order valence-electron chi connectivity index (χ0n) is 17.7. The van der Waals surface area contributed by atoms with E-state index in [0.29, 0.717) is 18.0 Å². The van der Waals surface area contributed by atoms with Crippen LogP contribution in [0, 0.1) is 0 Å². The third-order valence-electron chi connectivity index (χ3n) is 6.13. The van der Waals surface area contributed by atoms with Crippen LogP contribution >= 0.6 is 0 Å². The predicted octanol–water partition coefficient (Wildman–Crippen LogP) is 3.95. The molecule has 0 aromatic heterocycles. The number of piperidine rings is 1. The van der Waals surface area contributed by atoms with E-state index in [1.54, 1.807) is 12.5 Å². The Labute approximate surface area is 179 Å². The lowest BCUT2D eigenvalue weighted by atomic mass is 9.88. The van der Waals surface area contributed by atoms with Gasteiger partial charge in [0.05, 0.1) is 0 Å². The highest BCUT2D eigenvalue weighted by molar-refractivity contribution is 8.02. The van der Waals surface area contributed by atoms with Gasteiger partial charge in [-0.05, 0) is 71.4 Å². The number of hydrogen-bond acceptors (Lipinski definition) is 3. The van der Waals surface area contributed by atoms with Gasteiger partial charge in [-0.25, -0.2) is 0 Å². The van der Waals surface area contributed by atoms with Crippen molar-refractivity contribution in [3.8, 4) is 0 Å². The van der Waals surface area contributed by atoms with Crippen molar-refractivity contribution in [1.82, 2.24) is 4.90 Å². The number of nitrogens with zero attached hydrogens (tertiary/aromatic N) is 1. The summed E-state index contributed by atoms with van der Waals surface area (Å²) in [6.45, 7) is 2.05. The molecule has 30 heavy (non-hydrogen) atoms. The fraction of sp³-hybridized carbons (Fsp3) is 0.320. The molecule has 1 aliphatic rings. The highest BCUT2D eigenvalue weighted by atomic mass is 32.2. The summed E-state index contributed by atoms with van der Waals surface area (Å²) in [6, 6.07) is 20.1. The molecule has 0 atom stereocenters. The van der Waals surface area contributed by atoms with Gasteiger partial charge in [-0.3, -0.25) is 9.00 Å². The molecule has 4 rings (SSSR count). The van der Waals surface area contributed by atoms with E-state index in [4.69, 9.17) is 5.73 Å². The summed E-state index contributed by atoms with van der Waals surface area (Å²) in [4.78, 5) is 16.0. The first-order chi connectivity index (χ1) is 14.4. The second-order valence-corrected chi connectivity index (χ2v) is 11.8. The van der Waals surface area contributed by atoms with E-state index >= 15 is 0 Å². The average Bonchev–Trinajstić information content (AvgIpc) is 2.77. The molecule has 3 aromatic rings. The van der Waals surface area contributed by atoms with Crippen molar-refractivity contribution in [2.45, 2.75) is 30.2 Å². The number of thiol groups is 1. The number of rotatable bonds is 4. The lowest BCUT2D eigenvalue weighted by molar-refractivity contribution is 0.0713. The third-order valence-corrected chi connectivity index (χ3v) is 7.68. The Morgan fingerprint density at radius 3 is 2.47 bits per heavy atom. The Balaban J connectivity index is 1.53. The molecule has 5 heteroatoms. The number of amides is 1. The quantitative estimate of drug-likeness (QED) is 0.626. The standard InChI is InChI=1S/C25H30N2O2S/c1-30(2,29)24-8-4-6-20-9-10-22(16-23(20)24)25(28)27-13-11-19(12-14-27)21-7-3-5-18(15-21)17-26/h3-10,15-16,19,30H,11-14,17,26H2,1-2H3. The van der Waals surface area contributed by atoms with Crippen LogP contribution in [0.3, 0.4) is 0 Å². The van der Waals surface area contributed by atoms with Crippen LogP contribution in [-0.4, -0.2) is 40.6 Å². The minimum absolute atomic E-state index is 0.0582. The molecule has 0 radical (unpaired) electrons. The van der Waals surface area contributed by atoms with Crippen LogP contribution in [0.2, 0.25) is 0 Å². The number of likely N-dealkylation sites (tertiary alicyclic amines) is 1. The molecule has 0 spiro atoms. The molecule has 0 saturated carbocycles. The molecule has 1 fully saturated rings. The number of benzene rings is 3. The van der Waals surface area contributed by atoms with Gasteiger partial charge in [0.2, 0.25) is 0 Å². The molecular formula is C25H30N2O2S. The van der Waals surface area contributed by atoms with Crippen molar-refractivity contribution >= 4 is 26.6 Å². The van der Waals surface area contributed by atoms with Gasteiger partial charge in [-0.15, -0.1) is 0 Å². The maximum atomic E-state index is 13.2. The van der Waals surface area contributed by atoms with Crippen LogP contribution in [0.25, 0.3) is 10.8 Å². The Kier molecular flexibility index (Phi) is 5.76. The Bertz CT molecular complexity index is 1130. The molecule has 2 N–H and O–H groups in total. The molecule has 4 nitrogen and oxygen atoms in total. The average molecular weight is 423 g/mol. The Morgan fingerprint density at radius 2 is 1.77 bits per heavy atom. The first kappa shape index (κ1) is 20.8. The van der Waals surface area contributed by atoms with Crippen molar-refractivity contribution in [2.75, 3.05) is 25.6 Å². The lowest BCUT2D eigenvalue weighted by Gasteiger charge is -2.32. The maximum absolute atomic E-state index is 13.2. The van der Waals surface area contributed by atoms with Gasteiger partial charge in [0.1, 0.15) is 0 Å². The molecule has 3 aromatic carbocycles. The van der Waals surface area contributed by atoms with Crippen molar-refractivity contribution in [1.29, 1.82) is 0 Å². The molecule has 1 aliphatic heterocycles. The summed E-state index contributed by atoms with van der Waals surface area (Å²) in [6.07, 6.45) is 5.47. The normalized spacial score (nSPS) is 16.0. The van der Waals surface area contributed by atoms with Gasteiger partial charge < -0.3 is 10.6 Å². The van der Waals surface area contributed by atoms with Crippen LogP contribution < -0.4 is 5.73 Å². The minimum atomic E-state index is -2.43. The number of nitrogens with two attached hydrogens (primary N) is 1. The molecule has 0 aliphatic carbocycles. The number of fused-ring (bicyclic) bond motifs is 1.